The maximum atomic E-state index is 12.9. The van der Waals surface area contributed by atoms with Gasteiger partial charge in [-0.3, -0.25) is 19.7 Å². The Morgan fingerprint density at radius 1 is 1.03 bits per heavy atom. The number of nitro benzene ring substituents is 1. The average Bonchev–Trinajstić information content (AvgIpc) is 3.39. The van der Waals surface area contributed by atoms with Gasteiger partial charge >= 0.3 is 0 Å². The minimum absolute atomic E-state index is 0.0640. The van der Waals surface area contributed by atoms with Gasteiger partial charge in [0.05, 0.1) is 28.5 Å². The van der Waals surface area contributed by atoms with Crippen molar-refractivity contribution in [2.75, 3.05) is 0 Å². The van der Waals surface area contributed by atoms with Crippen molar-refractivity contribution in [1.29, 1.82) is 0 Å². The minimum Gasteiger partial charge on any atom is -0.455 e. The zero-order chi connectivity index (χ0) is 20.6. The largest absolute Gasteiger partial charge is 0.455 e. The van der Waals surface area contributed by atoms with Crippen molar-refractivity contribution >= 4 is 23.7 Å². The van der Waals surface area contributed by atoms with Gasteiger partial charge < -0.3 is 4.42 Å². The molecule has 150 valence electrons. The van der Waals surface area contributed by atoms with Crippen molar-refractivity contribution in [2.45, 2.75) is 6.42 Å². The second-order valence-electron chi connectivity index (χ2n) is 8.36. The number of nitrogens with zero attached hydrogens (tertiary/aromatic N) is 3. The molecule has 7 rings (SSSR count). The van der Waals surface area contributed by atoms with Crippen LogP contribution in [0.25, 0.3) is 11.3 Å². The predicted molar refractivity (Wildman–Crippen MR) is 105 cm³/mol. The van der Waals surface area contributed by atoms with Crippen LogP contribution in [0.15, 0.2) is 58.1 Å². The third-order valence-corrected chi connectivity index (χ3v) is 6.93. The normalized spacial score (nSPS) is 33.3. The molecule has 0 N–H and O–H groups in total. The summed E-state index contributed by atoms with van der Waals surface area (Å²) in [6.45, 7) is 0. The number of allylic oxidation sites excluding steroid dienone is 2. The second kappa shape index (κ2) is 5.98. The molecule has 1 saturated heterocycles. The summed E-state index contributed by atoms with van der Waals surface area (Å²) in [6, 6.07) is 9.49. The summed E-state index contributed by atoms with van der Waals surface area (Å²) in [5.74, 6) is 0.924. The number of benzene rings is 1. The van der Waals surface area contributed by atoms with Gasteiger partial charge in [-0.05, 0) is 48.3 Å². The maximum absolute atomic E-state index is 12.9. The van der Waals surface area contributed by atoms with E-state index < -0.39 is 4.92 Å². The van der Waals surface area contributed by atoms with Gasteiger partial charge in [-0.2, -0.15) is 10.1 Å². The van der Waals surface area contributed by atoms with Gasteiger partial charge in [0.15, 0.2) is 0 Å². The summed E-state index contributed by atoms with van der Waals surface area (Å²) in [5.41, 5.74) is 0.286. The molecule has 2 heterocycles. The first-order valence-corrected chi connectivity index (χ1v) is 9.98. The molecule has 30 heavy (non-hydrogen) atoms. The topological polar surface area (TPSA) is 106 Å². The fraction of sp³-hybridized carbons (Fsp3) is 0.318. The van der Waals surface area contributed by atoms with Crippen molar-refractivity contribution in [1.82, 2.24) is 5.01 Å². The van der Waals surface area contributed by atoms with Crippen LogP contribution in [0, 0.1) is 45.6 Å². The van der Waals surface area contributed by atoms with Crippen LogP contribution < -0.4 is 0 Å². The van der Waals surface area contributed by atoms with E-state index in [2.05, 4.69) is 17.3 Å². The molecule has 8 nitrogen and oxygen atoms in total. The summed E-state index contributed by atoms with van der Waals surface area (Å²) in [4.78, 5) is 36.6. The van der Waals surface area contributed by atoms with Crippen LogP contribution in [0.3, 0.4) is 0 Å². The van der Waals surface area contributed by atoms with Crippen molar-refractivity contribution in [3.8, 4) is 11.3 Å². The summed E-state index contributed by atoms with van der Waals surface area (Å²) >= 11 is 0. The molecule has 1 aromatic heterocycles. The standard InChI is InChI=1S/C22H17N3O5/c26-21-19-12-6-7-13(16-9-15(12)16)20(19)22(27)24(21)23-10-11-5-8-18(30-11)14-3-1-2-4-17(14)25(28)29/h1-8,10,12-13,15-16,19-20H,9H2/b23-10-/t12-,13-,15-,16+,19+,20+/m0/s1. The zero-order valence-electron chi connectivity index (χ0n) is 15.8. The van der Waals surface area contributed by atoms with Crippen molar-refractivity contribution in [3.63, 3.8) is 0 Å². The van der Waals surface area contributed by atoms with Gasteiger partial charge in [-0.1, -0.05) is 24.3 Å². The van der Waals surface area contributed by atoms with Gasteiger partial charge in [0.25, 0.3) is 17.5 Å². The first kappa shape index (κ1) is 17.3. The molecule has 5 aliphatic rings. The van der Waals surface area contributed by atoms with Crippen LogP contribution >= 0.6 is 0 Å². The Labute approximate surface area is 171 Å². The summed E-state index contributed by atoms with van der Waals surface area (Å²) < 4.78 is 5.67. The summed E-state index contributed by atoms with van der Waals surface area (Å²) in [5, 5.41) is 16.4. The van der Waals surface area contributed by atoms with E-state index in [0.29, 0.717) is 28.9 Å². The van der Waals surface area contributed by atoms with Gasteiger partial charge in [-0.25, -0.2) is 0 Å². The number of amides is 2. The van der Waals surface area contributed by atoms with E-state index in [1.165, 1.54) is 12.3 Å². The van der Waals surface area contributed by atoms with E-state index >= 15 is 0 Å². The highest BCUT2D eigenvalue weighted by molar-refractivity contribution is 6.06. The van der Waals surface area contributed by atoms with Crippen LogP contribution in [0.5, 0.6) is 0 Å². The molecular weight excluding hydrogens is 386 g/mol. The first-order valence-electron chi connectivity index (χ1n) is 9.98. The first-order chi connectivity index (χ1) is 14.5. The highest BCUT2D eigenvalue weighted by atomic mass is 16.6. The molecule has 2 saturated carbocycles. The van der Waals surface area contributed by atoms with E-state index in [0.717, 1.165) is 11.4 Å². The third kappa shape index (κ3) is 2.30. The number of imide groups is 1. The Morgan fingerprint density at radius 2 is 1.70 bits per heavy atom. The lowest BCUT2D eigenvalue weighted by molar-refractivity contribution is -0.384. The molecule has 6 atom stereocenters. The van der Waals surface area contributed by atoms with E-state index in [1.807, 2.05) is 0 Å². The molecule has 4 aliphatic carbocycles. The molecule has 0 spiro atoms. The van der Waals surface area contributed by atoms with Gasteiger partial charge in [0.1, 0.15) is 11.5 Å². The molecule has 2 aromatic rings. The average molecular weight is 403 g/mol. The fourth-order valence-electron chi connectivity index (χ4n) is 5.58. The zero-order valence-corrected chi connectivity index (χ0v) is 15.8. The number of rotatable bonds is 4. The number of hydrogen-bond donors (Lipinski definition) is 0. The number of hydrogen-bond acceptors (Lipinski definition) is 6. The van der Waals surface area contributed by atoms with Gasteiger partial charge in [0.2, 0.25) is 0 Å². The minimum atomic E-state index is -0.470. The Bertz CT molecular complexity index is 1130. The Kier molecular flexibility index (Phi) is 3.45. The Morgan fingerprint density at radius 3 is 2.37 bits per heavy atom. The Hall–Kier alpha value is -3.55. The molecule has 8 heteroatoms. The van der Waals surface area contributed by atoms with Gasteiger partial charge in [-0.15, -0.1) is 0 Å². The van der Waals surface area contributed by atoms with Crippen LogP contribution in [0.4, 0.5) is 5.69 Å². The summed E-state index contributed by atoms with van der Waals surface area (Å²) in [6.07, 6.45) is 6.66. The van der Waals surface area contributed by atoms with Crippen molar-refractivity contribution in [2.24, 2.45) is 40.6 Å². The lowest BCUT2D eigenvalue weighted by Crippen LogP contribution is -2.40. The molecule has 2 amide bonds. The predicted octanol–water partition coefficient (Wildman–Crippen LogP) is 3.24. The SMILES string of the molecule is O=C1[C@@H]2[C@H]3C=C[C@@H]([C@@H]4C[C@H]34)[C@H]2C(=O)N1/N=C\c1ccc(-c2ccccc2[N+](=O)[O-])o1. The van der Waals surface area contributed by atoms with Gasteiger partial charge in [0, 0.05) is 6.07 Å². The van der Waals surface area contributed by atoms with Crippen LogP contribution in [-0.4, -0.2) is 28.0 Å². The third-order valence-electron chi connectivity index (χ3n) is 6.93. The molecule has 1 aromatic carbocycles. The quantitative estimate of drug-likeness (QED) is 0.256. The number of para-hydroxylation sites is 1. The van der Waals surface area contributed by atoms with E-state index in [9.17, 15) is 19.7 Å². The molecule has 3 fully saturated rings. The smallest absolute Gasteiger partial charge is 0.280 e. The molecule has 2 bridgehead atoms. The molecular formula is C22H17N3O5. The number of carbonyl (C=O) groups is 2. The lowest BCUT2D eigenvalue weighted by atomic mass is 9.63. The van der Waals surface area contributed by atoms with Crippen molar-refractivity contribution in [3.05, 3.63) is 64.4 Å². The van der Waals surface area contributed by atoms with Crippen molar-refractivity contribution < 1.29 is 18.9 Å². The van der Waals surface area contributed by atoms with E-state index in [-0.39, 0.29) is 41.2 Å². The lowest BCUT2D eigenvalue weighted by Gasteiger charge is -2.37. The number of nitro groups is 1. The van der Waals surface area contributed by atoms with Crippen LogP contribution in [0.1, 0.15) is 12.2 Å². The second-order valence-corrected chi connectivity index (χ2v) is 8.36. The van der Waals surface area contributed by atoms with E-state index in [1.54, 1.807) is 30.3 Å². The monoisotopic (exact) mass is 403 g/mol. The van der Waals surface area contributed by atoms with Crippen LogP contribution in [-0.2, 0) is 9.59 Å². The Balaban J connectivity index is 1.26. The van der Waals surface area contributed by atoms with E-state index in [4.69, 9.17) is 4.42 Å². The molecule has 1 aliphatic heterocycles. The molecule has 0 unspecified atom stereocenters. The number of furan rings is 1. The highest BCUT2D eigenvalue weighted by Crippen LogP contribution is 2.65. The number of carbonyl (C=O) groups excluding carboxylic acids is 2. The number of hydrazone groups is 1. The fourth-order valence-corrected chi connectivity index (χ4v) is 5.58. The maximum Gasteiger partial charge on any atom is 0.280 e. The van der Waals surface area contributed by atoms with Crippen LogP contribution in [0.2, 0.25) is 0 Å². The highest BCUT2D eigenvalue weighted by Gasteiger charge is 2.67. The molecule has 0 radical (unpaired) electrons. The summed E-state index contributed by atoms with van der Waals surface area (Å²) in [7, 11) is 0.